The van der Waals surface area contributed by atoms with Crippen molar-refractivity contribution in [2.75, 3.05) is 0 Å². The Kier molecular flexibility index (Phi) is 3.39. The van der Waals surface area contributed by atoms with E-state index >= 15 is 0 Å². The van der Waals surface area contributed by atoms with Crippen molar-refractivity contribution in [1.82, 2.24) is 0 Å². The summed E-state index contributed by atoms with van der Waals surface area (Å²) in [6.07, 6.45) is 0. The predicted octanol–water partition coefficient (Wildman–Crippen LogP) is 0.655. The van der Waals surface area contributed by atoms with Crippen LogP contribution in [0.3, 0.4) is 0 Å². The molecule has 0 aliphatic heterocycles. The number of hydrogen-bond donors (Lipinski definition) is 2. The monoisotopic (exact) mass is 386 g/mol. The van der Waals surface area contributed by atoms with Crippen LogP contribution < -0.4 is 0 Å². The second-order valence-corrected chi connectivity index (χ2v) is 27.0. The second-order valence-electron chi connectivity index (χ2n) is 0.416. The van der Waals surface area contributed by atoms with E-state index < -0.39 is 9.46 Å². The standard InChI is InChI=1S/2HI.Mo.2H2O/h2*1H;;2*1H2/q;;+4;;/p-4. The Hall–Kier alpha value is 2.07. The molecule has 0 fully saturated rings. The topological polar surface area (TPSA) is 40.5 Å². The molecule has 0 rings (SSSR count). The minimum absolute atomic E-state index is 1.67. The molecule has 0 heterocycles. The molecular formula is H2I2MoO2. The zero-order valence-electron chi connectivity index (χ0n) is 2.06. The van der Waals surface area contributed by atoms with Gasteiger partial charge in [0.2, 0.25) is 0 Å². The van der Waals surface area contributed by atoms with Crippen LogP contribution >= 0.6 is 38.7 Å². The van der Waals surface area contributed by atoms with E-state index in [1.165, 1.54) is 0 Å². The fourth-order valence-corrected chi connectivity index (χ4v) is 0. The Labute approximate surface area is 54.7 Å². The van der Waals surface area contributed by atoms with Gasteiger partial charge in [0.1, 0.15) is 0 Å². The van der Waals surface area contributed by atoms with Crippen LogP contribution in [0.15, 0.2) is 0 Å². The third-order valence-electron chi connectivity index (χ3n) is 0. The quantitative estimate of drug-likeness (QED) is 0.476. The van der Waals surface area contributed by atoms with E-state index in [4.69, 9.17) is 7.52 Å². The average molecular weight is 384 g/mol. The van der Waals surface area contributed by atoms with E-state index in [0.29, 0.717) is 0 Å². The number of hydrogen-bond acceptors (Lipinski definition) is 2. The maximum absolute atomic E-state index is 8.24. The van der Waals surface area contributed by atoms with Gasteiger partial charge in [0.05, 0.1) is 0 Å². The van der Waals surface area contributed by atoms with E-state index in [2.05, 4.69) is 0 Å². The zero-order chi connectivity index (χ0) is 4.50. The van der Waals surface area contributed by atoms with Gasteiger partial charge in [-0.05, 0) is 0 Å². The molecule has 0 saturated heterocycles. The van der Waals surface area contributed by atoms with Gasteiger partial charge in [-0.15, -0.1) is 0 Å². The van der Waals surface area contributed by atoms with Crippen LogP contribution in [0, 0.1) is 0 Å². The first kappa shape index (κ1) is 7.07. The summed E-state index contributed by atoms with van der Waals surface area (Å²) < 4.78 is 16.5. The maximum atomic E-state index is 8.24. The van der Waals surface area contributed by atoms with Crippen molar-refractivity contribution in [2.24, 2.45) is 0 Å². The van der Waals surface area contributed by atoms with Crippen LogP contribution in [0.1, 0.15) is 0 Å². The Morgan fingerprint density at radius 3 is 1.20 bits per heavy atom. The van der Waals surface area contributed by atoms with Crippen molar-refractivity contribution < 1.29 is 17.0 Å². The minimum atomic E-state index is -3.08. The molecule has 0 amide bonds. The third kappa shape index (κ3) is 23.5. The summed E-state index contributed by atoms with van der Waals surface area (Å²) in [5, 5.41) is 0. The summed E-state index contributed by atoms with van der Waals surface area (Å²) in [5.41, 5.74) is 0. The van der Waals surface area contributed by atoms with E-state index in [0.717, 1.165) is 0 Å². The van der Waals surface area contributed by atoms with Crippen LogP contribution in [0.5, 0.6) is 0 Å². The van der Waals surface area contributed by atoms with Crippen LogP contribution in [0.4, 0.5) is 0 Å². The first-order valence-corrected chi connectivity index (χ1v) is 14.4. The summed E-state index contributed by atoms with van der Waals surface area (Å²) in [6, 6.07) is 0. The van der Waals surface area contributed by atoms with Gasteiger partial charge in [-0.25, -0.2) is 0 Å². The van der Waals surface area contributed by atoms with Gasteiger partial charge in [-0.3, -0.25) is 0 Å². The van der Waals surface area contributed by atoms with Crippen molar-refractivity contribution in [3.8, 4) is 0 Å². The van der Waals surface area contributed by atoms with Gasteiger partial charge < -0.3 is 0 Å². The van der Waals surface area contributed by atoms with E-state index in [1.54, 1.807) is 38.7 Å². The molecule has 0 spiro atoms. The summed E-state index contributed by atoms with van der Waals surface area (Å²) >= 11 is 3.33. The van der Waals surface area contributed by atoms with Gasteiger partial charge in [-0.1, -0.05) is 0 Å². The van der Waals surface area contributed by atoms with Crippen molar-refractivity contribution in [2.45, 2.75) is 0 Å². The summed E-state index contributed by atoms with van der Waals surface area (Å²) in [6.45, 7) is 0. The Balaban J connectivity index is 3.02. The number of halogens is 2. The summed E-state index contributed by atoms with van der Waals surface area (Å²) in [7, 11) is -3.08. The first-order valence-electron chi connectivity index (χ1n) is 0.674. The van der Waals surface area contributed by atoms with Crippen LogP contribution in [0.2, 0.25) is 0 Å². The van der Waals surface area contributed by atoms with Gasteiger partial charge in [-0.2, -0.15) is 0 Å². The van der Waals surface area contributed by atoms with E-state index in [-0.39, 0.29) is 0 Å². The second kappa shape index (κ2) is 2.39. The van der Waals surface area contributed by atoms with Gasteiger partial charge in [0.15, 0.2) is 0 Å². The fourth-order valence-electron chi connectivity index (χ4n) is 0. The van der Waals surface area contributed by atoms with Crippen LogP contribution in [-0.4, -0.2) is 7.52 Å². The molecule has 0 aromatic rings. The number of rotatable bonds is 0. The SMILES string of the molecule is [OH][Mo]([OH])([I])[I]. The Bertz CT molecular complexity index is 23.1. The first-order chi connectivity index (χ1) is 2.00. The van der Waals surface area contributed by atoms with Crippen LogP contribution in [0.25, 0.3) is 0 Å². The molecule has 0 radical (unpaired) electrons. The molecule has 5 heteroatoms. The summed E-state index contributed by atoms with van der Waals surface area (Å²) in [5.74, 6) is 0. The molecule has 0 bridgehead atoms. The van der Waals surface area contributed by atoms with Gasteiger partial charge >= 0.3 is 55.7 Å². The molecule has 0 aromatic carbocycles. The van der Waals surface area contributed by atoms with Crippen molar-refractivity contribution >= 4 is 38.7 Å². The molecule has 0 aliphatic carbocycles. The van der Waals surface area contributed by atoms with E-state index in [9.17, 15) is 0 Å². The van der Waals surface area contributed by atoms with E-state index in [1.807, 2.05) is 0 Å². The molecule has 5 heavy (non-hydrogen) atoms. The molecule has 34 valence electrons. The Morgan fingerprint density at radius 1 is 1.20 bits per heavy atom. The molecule has 0 unspecified atom stereocenters. The van der Waals surface area contributed by atoms with Gasteiger partial charge in [0, 0.05) is 0 Å². The fraction of sp³-hybridized carbons (Fsp3) is 0. The van der Waals surface area contributed by atoms with Crippen molar-refractivity contribution in [3.63, 3.8) is 0 Å². The zero-order valence-corrected chi connectivity index (χ0v) is 8.38. The summed E-state index contributed by atoms with van der Waals surface area (Å²) in [4.78, 5) is 0. The van der Waals surface area contributed by atoms with Crippen LogP contribution in [-0.2, 0) is 9.46 Å². The molecule has 2 nitrogen and oxygen atoms in total. The molecular weight excluding hydrogens is 382 g/mol. The van der Waals surface area contributed by atoms with Crippen molar-refractivity contribution in [1.29, 1.82) is 0 Å². The average Bonchev–Trinajstić information content (AvgIpc) is 0.722. The molecule has 0 atom stereocenters. The molecule has 0 aromatic heterocycles. The van der Waals surface area contributed by atoms with Gasteiger partial charge in [0.25, 0.3) is 0 Å². The molecule has 0 saturated carbocycles. The van der Waals surface area contributed by atoms with Crippen molar-refractivity contribution in [3.05, 3.63) is 0 Å². The normalized spacial score (nSPS) is 15.2. The predicted molar refractivity (Wildman–Crippen MR) is 32.5 cm³/mol. The molecule has 0 aliphatic rings. The molecule has 2 N–H and O–H groups in total. The third-order valence-corrected chi connectivity index (χ3v) is 0. The Morgan fingerprint density at radius 2 is 1.20 bits per heavy atom.